The van der Waals surface area contributed by atoms with Gasteiger partial charge < -0.3 is 19.3 Å². The zero-order valence-corrected chi connectivity index (χ0v) is 10.1. The fraction of sp³-hybridized carbons (Fsp3) is 0.538. The highest BCUT2D eigenvalue weighted by molar-refractivity contribution is 5.54. The summed E-state index contributed by atoms with van der Waals surface area (Å²) >= 11 is 0. The van der Waals surface area contributed by atoms with Crippen LogP contribution in [0.25, 0.3) is 0 Å². The third kappa shape index (κ3) is 2.82. The zero-order chi connectivity index (χ0) is 12.1. The van der Waals surface area contributed by atoms with Crippen LogP contribution in [0.4, 0.5) is 0 Å². The Labute approximate surface area is 101 Å². The number of aliphatic hydroxyl groups is 1. The Morgan fingerprint density at radius 3 is 2.88 bits per heavy atom. The van der Waals surface area contributed by atoms with Crippen molar-refractivity contribution >= 4 is 0 Å². The van der Waals surface area contributed by atoms with Gasteiger partial charge in [0.2, 0.25) is 5.75 Å². The van der Waals surface area contributed by atoms with Crippen molar-refractivity contribution < 1.29 is 19.3 Å². The van der Waals surface area contributed by atoms with Gasteiger partial charge in [0.05, 0.1) is 13.2 Å². The van der Waals surface area contributed by atoms with Gasteiger partial charge in [-0.3, -0.25) is 0 Å². The molecular weight excluding hydrogens is 220 g/mol. The van der Waals surface area contributed by atoms with Crippen LogP contribution in [0.2, 0.25) is 0 Å². The van der Waals surface area contributed by atoms with Crippen molar-refractivity contribution in [1.82, 2.24) is 0 Å². The van der Waals surface area contributed by atoms with E-state index in [1.54, 1.807) is 6.07 Å². The molecule has 0 aromatic heterocycles. The lowest BCUT2D eigenvalue weighted by Crippen LogP contribution is -2.16. The van der Waals surface area contributed by atoms with E-state index in [9.17, 15) is 5.11 Å². The van der Waals surface area contributed by atoms with Crippen molar-refractivity contribution in [3.63, 3.8) is 0 Å². The molecule has 1 aromatic carbocycles. The molecule has 0 saturated carbocycles. The van der Waals surface area contributed by atoms with Gasteiger partial charge in [0.1, 0.15) is 13.2 Å². The summed E-state index contributed by atoms with van der Waals surface area (Å²) in [7, 11) is 0. The molecule has 0 fully saturated rings. The van der Waals surface area contributed by atoms with E-state index in [4.69, 9.17) is 14.2 Å². The summed E-state index contributed by atoms with van der Waals surface area (Å²) in [6.07, 6.45) is 2.08. The summed E-state index contributed by atoms with van der Waals surface area (Å²) in [4.78, 5) is 0. The molecule has 0 atom stereocenters. The molecule has 17 heavy (non-hydrogen) atoms. The Hall–Kier alpha value is -1.42. The quantitative estimate of drug-likeness (QED) is 0.798. The number of ether oxygens (including phenoxy) is 3. The average molecular weight is 238 g/mol. The molecule has 0 spiro atoms. The number of hydrogen-bond donors (Lipinski definition) is 1. The van der Waals surface area contributed by atoms with Crippen LogP contribution in [0.3, 0.4) is 0 Å². The highest BCUT2D eigenvalue weighted by atomic mass is 16.6. The molecule has 1 N–H and O–H groups in total. The van der Waals surface area contributed by atoms with Crippen molar-refractivity contribution in [3.05, 3.63) is 17.7 Å². The van der Waals surface area contributed by atoms with Gasteiger partial charge >= 0.3 is 0 Å². The van der Waals surface area contributed by atoms with Crippen molar-refractivity contribution in [1.29, 1.82) is 0 Å². The first-order chi connectivity index (χ1) is 8.35. The molecule has 0 radical (unpaired) electrons. The van der Waals surface area contributed by atoms with Crippen molar-refractivity contribution in [2.24, 2.45) is 0 Å². The number of hydrogen-bond acceptors (Lipinski definition) is 4. The van der Waals surface area contributed by atoms with Gasteiger partial charge in [0.15, 0.2) is 11.5 Å². The summed E-state index contributed by atoms with van der Waals surface area (Å²) in [5, 5.41) is 9.18. The maximum absolute atomic E-state index is 9.18. The molecule has 0 unspecified atom stereocenters. The largest absolute Gasteiger partial charge is 0.490 e. The first-order valence-electron chi connectivity index (χ1n) is 6.01. The summed E-state index contributed by atoms with van der Waals surface area (Å²) in [6, 6.07) is 3.60. The topological polar surface area (TPSA) is 47.9 Å². The lowest BCUT2D eigenvalue weighted by atomic mass is 10.2. The third-order valence-corrected chi connectivity index (χ3v) is 2.61. The van der Waals surface area contributed by atoms with Crippen LogP contribution in [0.1, 0.15) is 25.3 Å². The maximum Gasteiger partial charge on any atom is 0.203 e. The fourth-order valence-electron chi connectivity index (χ4n) is 1.70. The highest BCUT2D eigenvalue weighted by Crippen LogP contribution is 2.40. The molecule has 1 heterocycles. The van der Waals surface area contributed by atoms with E-state index in [1.165, 1.54) is 0 Å². The van der Waals surface area contributed by atoms with Crippen LogP contribution in [0.15, 0.2) is 12.1 Å². The summed E-state index contributed by atoms with van der Waals surface area (Å²) < 4.78 is 16.7. The van der Waals surface area contributed by atoms with Crippen LogP contribution >= 0.6 is 0 Å². The smallest absolute Gasteiger partial charge is 0.203 e. The molecule has 1 aliphatic heterocycles. The van der Waals surface area contributed by atoms with Gasteiger partial charge in [-0.05, 0) is 24.1 Å². The molecule has 4 heteroatoms. The molecule has 1 aromatic rings. The maximum atomic E-state index is 9.18. The van der Waals surface area contributed by atoms with E-state index in [0.29, 0.717) is 37.1 Å². The monoisotopic (exact) mass is 238 g/mol. The lowest BCUT2D eigenvalue weighted by molar-refractivity contribution is 0.160. The minimum absolute atomic E-state index is 0.0270. The first-order valence-corrected chi connectivity index (χ1v) is 6.01. The molecule has 0 bridgehead atoms. The standard InChI is InChI=1S/C13H18O4/c1-2-3-4-15-11-7-10(9-14)8-12-13(11)17-6-5-16-12/h7-8,14H,2-6,9H2,1H3. The summed E-state index contributed by atoms with van der Waals surface area (Å²) in [5.41, 5.74) is 0.778. The fourth-order valence-corrected chi connectivity index (χ4v) is 1.70. The summed E-state index contributed by atoms with van der Waals surface area (Å²) in [6.45, 7) is 3.82. The molecular formula is C13H18O4. The van der Waals surface area contributed by atoms with Crippen LogP contribution in [-0.4, -0.2) is 24.9 Å². The van der Waals surface area contributed by atoms with Crippen LogP contribution in [0, 0.1) is 0 Å². The number of unbranched alkanes of at least 4 members (excludes halogenated alkanes) is 1. The Bertz CT molecular complexity index is 376. The van der Waals surface area contributed by atoms with Gasteiger partial charge in [0, 0.05) is 0 Å². The molecule has 2 rings (SSSR count). The number of rotatable bonds is 5. The number of benzene rings is 1. The van der Waals surface area contributed by atoms with Crippen molar-refractivity contribution in [2.45, 2.75) is 26.4 Å². The van der Waals surface area contributed by atoms with E-state index in [2.05, 4.69) is 6.92 Å². The van der Waals surface area contributed by atoms with Crippen molar-refractivity contribution in [3.8, 4) is 17.2 Å². The predicted molar refractivity (Wildman–Crippen MR) is 63.8 cm³/mol. The number of fused-ring (bicyclic) bond motifs is 1. The third-order valence-electron chi connectivity index (χ3n) is 2.61. The van der Waals surface area contributed by atoms with E-state index in [-0.39, 0.29) is 6.61 Å². The van der Waals surface area contributed by atoms with Crippen LogP contribution in [0.5, 0.6) is 17.2 Å². The normalized spacial score (nSPS) is 13.5. The lowest BCUT2D eigenvalue weighted by Gasteiger charge is -2.22. The minimum atomic E-state index is -0.0270. The van der Waals surface area contributed by atoms with E-state index >= 15 is 0 Å². The Balaban J connectivity index is 2.21. The van der Waals surface area contributed by atoms with Gasteiger partial charge in [0.25, 0.3) is 0 Å². The van der Waals surface area contributed by atoms with E-state index in [1.807, 2.05) is 6.07 Å². The SMILES string of the molecule is CCCCOc1cc(CO)cc2c1OCCO2. The summed E-state index contributed by atoms with van der Waals surface area (Å²) in [5.74, 6) is 1.98. The highest BCUT2D eigenvalue weighted by Gasteiger charge is 2.18. The second kappa shape index (κ2) is 5.77. The first kappa shape index (κ1) is 12.0. The molecule has 0 aliphatic carbocycles. The van der Waals surface area contributed by atoms with Gasteiger partial charge in [-0.25, -0.2) is 0 Å². The second-order valence-corrected chi connectivity index (χ2v) is 3.98. The minimum Gasteiger partial charge on any atom is -0.490 e. The Morgan fingerprint density at radius 1 is 1.29 bits per heavy atom. The number of aliphatic hydroxyl groups excluding tert-OH is 1. The van der Waals surface area contributed by atoms with Gasteiger partial charge in [-0.15, -0.1) is 0 Å². The Morgan fingerprint density at radius 2 is 2.12 bits per heavy atom. The van der Waals surface area contributed by atoms with Gasteiger partial charge in [-0.2, -0.15) is 0 Å². The predicted octanol–water partition coefficient (Wildman–Crippen LogP) is 2.13. The molecule has 0 saturated heterocycles. The van der Waals surface area contributed by atoms with Gasteiger partial charge in [-0.1, -0.05) is 13.3 Å². The van der Waals surface area contributed by atoms with E-state index in [0.717, 1.165) is 18.4 Å². The van der Waals surface area contributed by atoms with Crippen molar-refractivity contribution in [2.75, 3.05) is 19.8 Å². The zero-order valence-electron chi connectivity index (χ0n) is 10.1. The molecule has 1 aliphatic rings. The molecule has 0 amide bonds. The Kier molecular flexibility index (Phi) is 4.09. The van der Waals surface area contributed by atoms with E-state index < -0.39 is 0 Å². The second-order valence-electron chi connectivity index (χ2n) is 3.98. The van der Waals surface area contributed by atoms with Crippen LogP contribution < -0.4 is 14.2 Å². The molecule has 4 nitrogen and oxygen atoms in total. The molecule has 94 valence electrons. The average Bonchev–Trinajstić information content (AvgIpc) is 2.38. The van der Waals surface area contributed by atoms with Crippen LogP contribution in [-0.2, 0) is 6.61 Å².